The monoisotopic (exact) mass is 342 g/mol. The molecule has 1 aliphatic heterocycles. The third kappa shape index (κ3) is 2.78. The zero-order valence-corrected chi connectivity index (χ0v) is 14.6. The summed E-state index contributed by atoms with van der Waals surface area (Å²) < 4.78 is 1.55. The van der Waals surface area contributed by atoms with Gasteiger partial charge < -0.3 is 5.11 Å². The Kier molecular flexibility index (Phi) is 4.10. The van der Waals surface area contributed by atoms with Gasteiger partial charge in [0, 0.05) is 29.5 Å². The van der Waals surface area contributed by atoms with E-state index in [1.807, 2.05) is 26.8 Å². The average molecular weight is 342 g/mol. The van der Waals surface area contributed by atoms with Crippen molar-refractivity contribution in [2.75, 3.05) is 5.75 Å². The van der Waals surface area contributed by atoms with Crippen LogP contribution in [0.2, 0.25) is 0 Å². The molecule has 24 heavy (non-hydrogen) atoms. The number of thioether (sulfide) groups is 1. The van der Waals surface area contributed by atoms with Crippen LogP contribution >= 0.6 is 11.8 Å². The number of hydrogen-bond acceptors (Lipinski definition) is 6. The van der Waals surface area contributed by atoms with Crippen molar-refractivity contribution in [3.8, 4) is 23.1 Å². The molecule has 1 N–H and O–H groups in total. The van der Waals surface area contributed by atoms with Crippen molar-refractivity contribution in [2.24, 2.45) is 0 Å². The van der Waals surface area contributed by atoms with Crippen molar-refractivity contribution >= 4 is 11.8 Å². The van der Waals surface area contributed by atoms with E-state index in [1.54, 1.807) is 10.8 Å². The highest BCUT2D eigenvalue weighted by Gasteiger charge is 2.24. The molecule has 1 aliphatic rings. The molecule has 0 atom stereocenters. The third-order valence-electron chi connectivity index (χ3n) is 3.85. The second-order valence-corrected chi connectivity index (χ2v) is 7.79. The van der Waals surface area contributed by atoms with Crippen LogP contribution in [0, 0.1) is 11.3 Å². The molecule has 2 aromatic rings. The third-order valence-corrected chi connectivity index (χ3v) is 4.92. The molecule has 2 aromatic heterocycles. The maximum atomic E-state index is 12.6. The predicted molar refractivity (Wildman–Crippen MR) is 92.1 cm³/mol. The Morgan fingerprint density at radius 3 is 2.79 bits per heavy atom. The number of aromatic hydroxyl groups is 1. The van der Waals surface area contributed by atoms with Crippen molar-refractivity contribution in [3.63, 3.8) is 0 Å². The predicted octanol–water partition coefficient (Wildman–Crippen LogP) is 2.68. The fourth-order valence-electron chi connectivity index (χ4n) is 2.70. The van der Waals surface area contributed by atoms with Crippen LogP contribution < -0.4 is 5.56 Å². The lowest BCUT2D eigenvalue weighted by atomic mass is 9.90. The Bertz CT molecular complexity index is 907. The lowest BCUT2D eigenvalue weighted by Crippen LogP contribution is -2.29. The Morgan fingerprint density at radius 1 is 1.42 bits per heavy atom. The smallest absolute Gasteiger partial charge is 0.272 e. The second-order valence-electron chi connectivity index (χ2n) is 6.73. The molecule has 124 valence electrons. The summed E-state index contributed by atoms with van der Waals surface area (Å²) in [6.07, 6.45) is 2.44. The molecule has 7 heteroatoms. The highest BCUT2D eigenvalue weighted by Crippen LogP contribution is 2.33. The number of nitriles is 1. The summed E-state index contributed by atoms with van der Waals surface area (Å²) in [7, 11) is 0. The van der Waals surface area contributed by atoms with Gasteiger partial charge in [-0.2, -0.15) is 5.26 Å². The van der Waals surface area contributed by atoms with E-state index in [1.165, 1.54) is 17.8 Å². The molecular weight excluding hydrogens is 324 g/mol. The Labute approximate surface area is 144 Å². The summed E-state index contributed by atoms with van der Waals surface area (Å²) in [6, 6.07) is 3.49. The number of fused-ring (bicyclic) bond motifs is 1. The lowest BCUT2D eigenvalue weighted by molar-refractivity contribution is 0.438. The topological polar surface area (TPSA) is 91.8 Å². The van der Waals surface area contributed by atoms with Crippen LogP contribution in [0.15, 0.2) is 22.2 Å². The summed E-state index contributed by atoms with van der Waals surface area (Å²) in [5, 5.41) is 20.3. The molecule has 0 aromatic carbocycles. The quantitative estimate of drug-likeness (QED) is 0.801. The standard InChI is InChI=1S/C17H18N4O2S/c1-17(2,3)14-12(22)7-10(9-19-14)13-11(8-18)15(23)21-5-4-6-24-16(21)20-13/h7,9,22H,4-6H2,1-3H3. The first kappa shape index (κ1) is 16.5. The fourth-order valence-corrected chi connectivity index (χ4v) is 3.64. The highest BCUT2D eigenvalue weighted by atomic mass is 32.2. The maximum absolute atomic E-state index is 12.6. The van der Waals surface area contributed by atoms with Crippen LogP contribution in [-0.2, 0) is 12.0 Å². The van der Waals surface area contributed by atoms with E-state index in [2.05, 4.69) is 9.97 Å². The van der Waals surface area contributed by atoms with E-state index in [4.69, 9.17) is 0 Å². The van der Waals surface area contributed by atoms with Crippen molar-refractivity contribution in [3.05, 3.63) is 33.9 Å². The first-order valence-electron chi connectivity index (χ1n) is 7.70. The minimum Gasteiger partial charge on any atom is -0.506 e. The average Bonchev–Trinajstić information content (AvgIpc) is 2.53. The molecule has 3 rings (SSSR count). The van der Waals surface area contributed by atoms with Crippen LogP contribution in [-0.4, -0.2) is 25.4 Å². The van der Waals surface area contributed by atoms with Gasteiger partial charge in [-0.3, -0.25) is 14.3 Å². The minimum absolute atomic E-state index is 0.00837. The van der Waals surface area contributed by atoms with Gasteiger partial charge in [0.25, 0.3) is 5.56 Å². The zero-order chi connectivity index (χ0) is 17.5. The van der Waals surface area contributed by atoms with Crippen molar-refractivity contribution in [2.45, 2.75) is 44.3 Å². The summed E-state index contributed by atoms with van der Waals surface area (Å²) in [6.45, 7) is 6.44. The first-order chi connectivity index (χ1) is 11.3. The number of nitrogens with zero attached hydrogens (tertiary/aromatic N) is 4. The van der Waals surface area contributed by atoms with Crippen molar-refractivity contribution in [1.82, 2.24) is 14.5 Å². The summed E-state index contributed by atoms with van der Waals surface area (Å²) in [4.78, 5) is 21.4. The summed E-state index contributed by atoms with van der Waals surface area (Å²) >= 11 is 1.50. The van der Waals surface area contributed by atoms with E-state index in [0.29, 0.717) is 23.0 Å². The molecule has 0 amide bonds. The molecule has 0 radical (unpaired) electrons. The molecule has 0 fully saturated rings. The van der Waals surface area contributed by atoms with E-state index < -0.39 is 0 Å². The van der Waals surface area contributed by atoms with Gasteiger partial charge in [0.1, 0.15) is 17.4 Å². The number of aromatic nitrogens is 3. The molecule has 0 bridgehead atoms. The van der Waals surface area contributed by atoms with Gasteiger partial charge >= 0.3 is 0 Å². The van der Waals surface area contributed by atoms with Gasteiger partial charge in [0.15, 0.2) is 5.16 Å². The van der Waals surface area contributed by atoms with E-state index >= 15 is 0 Å². The molecule has 0 aliphatic carbocycles. The molecule has 0 saturated heterocycles. The Balaban J connectivity index is 2.20. The minimum atomic E-state index is -0.330. The summed E-state index contributed by atoms with van der Waals surface area (Å²) in [5.41, 5.74) is 0.679. The van der Waals surface area contributed by atoms with Gasteiger partial charge in [-0.05, 0) is 12.5 Å². The first-order valence-corrected chi connectivity index (χ1v) is 8.69. The fraction of sp³-hybridized carbons (Fsp3) is 0.412. The van der Waals surface area contributed by atoms with Crippen LogP contribution in [0.5, 0.6) is 5.75 Å². The lowest BCUT2D eigenvalue weighted by Gasteiger charge is -2.20. The molecule has 3 heterocycles. The highest BCUT2D eigenvalue weighted by molar-refractivity contribution is 7.99. The van der Waals surface area contributed by atoms with Crippen LogP contribution in [0.4, 0.5) is 0 Å². The van der Waals surface area contributed by atoms with Crippen molar-refractivity contribution < 1.29 is 5.11 Å². The number of hydrogen-bond donors (Lipinski definition) is 1. The van der Waals surface area contributed by atoms with E-state index in [0.717, 1.165) is 12.2 Å². The second kappa shape index (κ2) is 5.95. The number of pyridine rings is 1. The van der Waals surface area contributed by atoms with E-state index in [9.17, 15) is 15.2 Å². The Hall–Kier alpha value is -2.33. The van der Waals surface area contributed by atoms with Gasteiger partial charge in [-0.1, -0.05) is 32.5 Å². The number of rotatable bonds is 1. The molecular formula is C17H18N4O2S. The summed E-state index contributed by atoms with van der Waals surface area (Å²) in [5.74, 6) is 0.931. The molecule has 0 unspecified atom stereocenters. The van der Waals surface area contributed by atoms with Gasteiger partial charge in [0.05, 0.1) is 11.4 Å². The maximum Gasteiger partial charge on any atom is 0.272 e. The molecule has 0 spiro atoms. The molecule has 6 nitrogen and oxygen atoms in total. The van der Waals surface area contributed by atoms with Crippen LogP contribution in [0.25, 0.3) is 11.3 Å². The van der Waals surface area contributed by atoms with Crippen molar-refractivity contribution in [1.29, 1.82) is 5.26 Å². The van der Waals surface area contributed by atoms with Gasteiger partial charge in [0.2, 0.25) is 0 Å². The molecule has 0 saturated carbocycles. The van der Waals surface area contributed by atoms with Crippen LogP contribution in [0.3, 0.4) is 0 Å². The zero-order valence-electron chi connectivity index (χ0n) is 13.8. The van der Waals surface area contributed by atoms with Gasteiger partial charge in [-0.25, -0.2) is 4.98 Å². The van der Waals surface area contributed by atoms with Crippen LogP contribution in [0.1, 0.15) is 38.4 Å². The van der Waals surface area contributed by atoms with Gasteiger partial charge in [-0.15, -0.1) is 0 Å². The van der Waals surface area contributed by atoms with E-state index in [-0.39, 0.29) is 28.0 Å². The Morgan fingerprint density at radius 2 is 2.17 bits per heavy atom. The normalized spacial score (nSPS) is 14.1. The SMILES string of the molecule is CC(C)(C)c1ncc(-c2nc3n(c(=O)c2C#N)CCCS3)cc1O. The largest absolute Gasteiger partial charge is 0.506 e.